The topological polar surface area (TPSA) is 139 Å². The number of urea groups is 1. The number of rotatable bonds is 7. The summed E-state index contributed by atoms with van der Waals surface area (Å²) in [4.78, 5) is 36.8. The molecule has 0 atom stereocenters. The Bertz CT molecular complexity index is 538. The molecule has 9 nitrogen and oxygen atoms in total. The van der Waals surface area contributed by atoms with E-state index in [2.05, 4.69) is 15.6 Å². The van der Waals surface area contributed by atoms with E-state index in [-0.39, 0.29) is 18.7 Å². The Balaban J connectivity index is 2.36. The van der Waals surface area contributed by atoms with Gasteiger partial charge >= 0.3 is 12.0 Å². The Kier molecular flexibility index (Phi) is 5.28. The highest BCUT2D eigenvalue weighted by atomic mass is 16.4. The van der Waals surface area contributed by atoms with Crippen molar-refractivity contribution < 1.29 is 19.5 Å². The molecule has 21 heavy (non-hydrogen) atoms. The van der Waals surface area contributed by atoms with Crippen LogP contribution in [-0.4, -0.2) is 44.6 Å². The van der Waals surface area contributed by atoms with Crippen molar-refractivity contribution in [2.45, 2.75) is 32.4 Å². The molecule has 0 fully saturated rings. The van der Waals surface area contributed by atoms with Crippen molar-refractivity contribution >= 4 is 17.9 Å². The lowest BCUT2D eigenvalue weighted by Gasteiger charge is -2.24. The summed E-state index contributed by atoms with van der Waals surface area (Å²) in [5.74, 6) is -1.60. The van der Waals surface area contributed by atoms with Crippen LogP contribution in [0.25, 0.3) is 0 Å². The number of carboxylic acids is 1. The summed E-state index contributed by atoms with van der Waals surface area (Å²) in [5.41, 5.74) is 4.30. The molecule has 1 heterocycles. The van der Waals surface area contributed by atoms with Gasteiger partial charge in [0.25, 0.3) is 0 Å². The number of primary amides is 1. The van der Waals surface area contributed by atoms with E-state index >= 15 is 0 Å². The lowest BCUT2D eigenvalue weighted by atomic mass is 10.0. The van der Waals surface area contributed by atoms with E-state index in [9.17, 15) is 14.4 Å². The fraction of sp³-hybridized carbons (Fsp3) is 0.500. The average molecular weight is 297 g/mol. The number of aromatic carboxylic acids is 1. The maximum atomic E-state index is 11.7. The summed E-state index contributed by atoms with van der Waals surface area (Å²) < 4.78 is 1.55. The van der Waals surface area contributed by atoms with Gasteiger partial charge in [-0.15, -0.1) is 0 Å². The molecule has 0 unspecified atom stereocenters. The van der Waals surface area contributed by atoms with Crippen molar-refractivity contribution in [1.29, 1.82) is 0 Å². The molecule has 1 aromatic rings. The number of hydrogen-bond acceptors (Lipinski definition) is 4. The third-order valence-electron chi connectivity index (χ3n) is 2.58. The first kappa shape index (κ1) is 16.5. The van der Waals surface area contributed by atoms with Crippen LogP contribution >= 0.6 is 0 Å². The number of amides is 3. The highest BCUT2D eigenvalue weighted by molar-refractivity contribution is 5.84. The first-order chi connectivity index (χ1) is 9.69. The van der Waals surface area contributed by atoms with Crippen molar-refractivity contribution in [3.63, 3.8) is 0 Å². The monoisotopic (exact) mass is 297 g/mol. The number of carboxylic acid groups (broad SMARTS) is 1. The predicted molar refractivity (Wildman–Crippen MR) is 73.6 cm³/mol. The molecule has 0 radical (unpaired) electrons. The molecule has 116 valence electrons. The van der Waals surface area contributed by atoms with Crippen molar-refractivity contribution in [2.24, 2.45) is 5.73 Å². The molecule has 0 saturated carbocycles. The fourth-order valence-electron chi connectivity index (χ4n) is 1.72. The van der Waals surface area contributed by atoms with Gasteiger partial charge in [0, 0.05) is 31.2 Å². The third-order valence-corrected chi connectivity index (χ3v) is 2.58. The summed E-state index contributed by atoms with van der Waals surface area (Å²) in [6.07, 6.45) is 2.78. The minimum absolute atomic E-state index is 0.0317. The average Bonchev–Trinajstić information content (AvgIpc) is 2.74. The van der Waals surface area contributed by atoms with Crippen LogP contribution in [0.4, 0.5) is 4.79 Å². The highest BCUT2D eigenvalue weighted by Gasteiger charge is 2.22. The van der Waals surface area contributed by atoms with Gasteiger partial charge in [-0.05, 0) is 13.8 Å². The molecule has 0 aliphatic rings. The van der Waals surface area contributed by atoms with Gasteiger partial charge < -0.3 is 26.0 Å². The molecule has 1 aromatic heterocycles. The van der Waals surface area contributed by atoms with Crippen LogP contribution in [0, 0.1) is 0 Å². The van der Waals surface area contributed by atoms with Gasteiger partial charge in [-0.1, -0.05) is 0 Å². The zero-order valence-electron chi connectivity index (χ0n) is 11.9. The SMILES string of the molecule is CC(C)(CC(N)=O)NC(=O)NCCn1cnc(C(=O)O)c1. The maximum absolute atomic E-state index is 11.7. The van der Waals surface area contributed by atoms with Crippen LogP contribution in [-0.2, 0) is 11.3 Å². The largest absolute Gasteiger partial charge is 0.476 e. The number of aromatic nitrogens is 2. The van der Waals surface area contributed by atoms with Gasteiger partial charge in [0.1, 0.15) is 0 Å². The van der Waals surface area contributed by atoms with Gasteiger partial charge in [-0.25, -0.2) is 14.6 Å². The van der Waals surface area contributed by atoms with E-state index in [1.165, 1.54) is 12.5 Å². The first-order valence-corrected chi connectivity index (χ1v) is 6.29. The molecular formula is C12H19N5O4. The molecule has 0 aliphatic heterocycles. The fourth-order valence-corrected chi connectivity index (χ4v) is 1.72. The van der Waals surface area contributed by atoms with Crippen LogP contribution in [0.1, 0.15) is 30.8 Å². The standard InChI is InChI=1S/C12H19N5O4/c1-12(2,5-9(13)18)16-11(21)14-3-4-17-6-8(10(19)20)15-7-17/h6-7H,3-5H2,1-2H3,(H2,13,18)(H,19,20)(H2,14,16,21). The normalized spacial score (nSPS) is 11.0. The number of nitrogens with one attached hydrogen (secondary N) is 2. The van der Waals surface area contributed by atoms with Gasteiger partial charge in [0.15, 0.2) is 5.69 Å². The number of hydrogen-bond donors (Lipinski definition) is 4. The highest BCUT2D eigenvalue weighted by Crippen LogP contribution is 2.06. The zero-order valence-corrected chi connectivity index (χ0v) is 11.9. The molecule has 0 bridgehead atoms. The second kappa shape index (κ2) is 6.73. The number of nitrogens with two attached hydrogens (primary N) is 1. The Morgan fingerprint density at radius 1 is 1.43 bits per heavy atom. The molecular weight excluding hydrogens is 278 g/mol. The van der Waals surface area contributed by atoms with Crippen molar-refractivity contribution in [2.75, 3.05) is 6.54 Å². The quantitative estimate of drug-likeness (QED) is 0.539. The third kappa shape index (κ3) is 5.93. The predicted octanol–water partition coefficient (Wildman–Crippen LogP) is -0.465. The molecule has 9 heteroatoms. The number of imidazole rings is 1. The summed E-state index contributed by atoms with van der Waals surface area (Å²) in [7, 11) is 0. The molecule has 1 rings (SSSR count). The zero-order chi connectivity index (χ0) is 16.0. The first-order valence-electron chi connectivity index (χ1n) is 6.29. The molecule has 0 saturated heterocycles. The Hall–Kier alpha value is -2.58. The van der Waals surface area contributed by atoms with E-state index in [0.717, 1.165) is 0 Å². The van der Waals surface area contributed by atoms with E-state index in [4.69, 9.17) is 10.8 Å². The van der Waals surface area contributed by atoms with Gasteiger partial charge in [-0.2, -0.15) is 0 Å². The molecule has 3 amide bonds. The van der Waals surface area contributed by atoms with Crippen molar-refractivity contribution in [1.82, 2.24) is 20.2 Å². The van der Waals surface area contributed by atoms with E-state index in [1.807, 2.05) is 0 Å². The molecule has 0 aromatic carbocycles. The van der Waals surface area contributed by atoms with Gasteiger partial charge in [-0.3, -0.25) is 4.79 Å². The second-order valence-corrected chi connectivity index (χ2v) is 5.21. The minimum Gasteiger partial charge on any atom is -0.476 e. The smallest absolute Gasteiger partial charge is 0.356 e. The summed E-state index contributed by atoms with van der Waals surface area (Å²) in [6.45, 7) is 4.04. The molecule has 0 spiro atoms. The Labute approximate surface area is 121 Å². The number of nitrogens with zero attached hydrogens (tertiary/aromatic N) is 2. The molecule has 0 aliphatic carbocycles. The van der Waals surface area contributed by atoms with Crippen LogP contribution in [0.2, 0.25) is 0 Å². The van der Waals surface area contributed by atoms with Crippen LogP contribution in [0.5, 0.6) is 0 Å². The van der Waals surface area contributed by atoms with E-state index < -0.39 is 23.4 Å². The van der Waals surface area contributed by atoms with E-state index in [0.29, 0.717) is 6.54 Å². The van der Waals surface area contributed by atoms with Crippen molar-refractivity contribution in [3.8, 4) is 0 Å². The van der Waals surface area contributed by atoms with Crippen LogP contribution < -0.4 is 16.4 Å². The summed E-state index contributed by atoms with van der Waals surface area (Å²) >= 11 is 0. The Morgan fingerprint density at radius 2 is 2.10 bits per heavy atom. The summed E-state index contributed by atoms with van der Waals surface area (Å²) in [5, 5.41) is 13.9. The maximum Gasteiger partial charge on any atom is 0.356 e. The van der Waals surface area contributed by atoms with Crippen LogP contribution in [0.3, 0.4) is 0 Å². The van der Waals surface area contributed by atoms with Gasteiger partial charge in [0.2, 0.25) is 5.91 Å². The van der Waals surface area contributed by atoms with Crippen LogP contribution in [0.15, 0.2) is 12.5 Å². The number of carbonyl (C=O) groups excluding carboxylic acids is 2. The summed E-state index contributed by atoms with van der Waals surface area (Å²) in [6, 6.07) is -0.431. The lowest BCUT2D eigenvalue weighted by Crippen LogP contribution is -2.50. The van der Waals surface area contributed by atoms with Crippen molar-refractivity contribution in [3.05, 3.63) is 18.2 Å². The second-order valence-electron chi connectivity index (χ2n) is 5.21. The number of carbonyl (C=O) groups is 3. The van der Waals surface area contributed by atoms with E-state index in [1.54, 1.807) is 18.4 Å². The van der Waals surface area contributed by atoms with Gasteiger partial charge in [0.05, 0.1) is 6.33 Å². The Morgan fingerprint density at radius 3 is 2.62 bits per heavy atom. The molecule has 5 N–H and O–H groups in total. The lowest BCUT2D eigenvalue weighted by molar-refractivity contribution is -0.119. The minimum atomic E-state index is -1.10.